The second-order valence-corrected chi connectivity index (χ2v) is 5.57. The van der Waals surface area contributed by atoms with E-state index in [4.69, 9.17) is 4.74 Å². The maximum Gasteiger partial charge on any atom is 0.272 e. The molecule has 0 bridgehead atoms. The lowest BCUT2D eigenvalue weighted by molar-refractivity contribution is 0.0934. The molecule has 128 valence electrons. The van der Waals surface area contributed by atoms with Gasteiger partial charge >= 0.3 is 0 Å². The molecule has 5 nitrogen and oxygen atoms in total. The second kappa shape index (κ2) is 7.17. The van der Waals surface area contributed by atoms with Gasteiger partial charge in [-0.25, -0.2) is 9.07 Å². The summed E-state index contributed by atoms with van der Waals surface area (Å²) in [4.78, 5) is 12.4. The highest BCUT2D eigenvalue weighted by molar-refractivity contribution is 5.92. The molecule has 0 fully saturated rings. The van der Waals surface area contributed by atoms with Gasteiger partial charge in [0, 0.05) is 6.20 Å². The Bertz CT molecular complexity index is 877. The first-order valence-corrected chi connectivity index (χ1v) is 7.84. The smallest absolute Gasteiger partial charge is 0.272 e. The molecule has 0 radical (unpaired) electrons. The first-order chi connectivity index (χ1) is 12.1. The molecular weight excluding hydrogens is 321 g/mol. The summed E-state index contributed by atoms with van der Waals surface area (Å²) in [5, 5.41) is 7.10. The van der Waals surface area contributed by atoms with Crippen molar-refractivity contribution in [2.24, 2.45) is 0 Å². The molecule has 0 spiro atoms. The van der Waals surface area contributed by atoms with Crippen LogP contribution in [0.2, 0.25) is 0 Å². The van der Waals surface area contributed by atoms with Crippen LogP contribution in [0.1, 0.15) is 29.0 Å². The molecular formula is C19H18FN3O2. The number of amides is 1. The van der Waals surface area contributed by atoms with Crippen LogP contribution in [-0.4, -0.2) is 22.8 Å². The molecule has 3 aromatic rings. The minimum atomic E-state index is -0.463. The number of nitrogens with one attached hydrogen (secondary N) is 1. The molecule has 0 saturated carbocycles. The van der Waals surface area contributed by atoms with Crippen molar-refractivity contribution in [3.8, 4) is 11.4 Å². The minimum Gasteiger partial charge on any atom is -0.494 e. The normalized spacial score (nSPS) is 11.8. The summed E-state index contributed by atoms with van der Waals surface area (Å²) in [5.41, 5.74) is 1.81. The Morgan fingerprint density at radius 2 is 1.96 bits per heavy atom. The molecule has 6 heteroatoms. The quantitative estimate of drug-likeness (QED) is 0.774. The second-order valence-electron chi connectivity index (χ2n) is 5.57. The number of rotatable bonds is 5. The monoisotopic (exact) mass is 339 g/mol. The van der Waals surface area contributed by atoms with Gasteiger partial charge in [0.1, 0.15) is 0 Å². The van der Waals surface area contributed by atoms with Gasteiger partial charge in [-0.3, -0.25) is 4.79 Å². The number of benzene rings is 2. The van der Waals surface area contributed by atoms with Gasteiger partial charge in [0.05, 0.1) is 18.8 Å². The van der Waals surface area contributed by atoms with Gasteiger partial charge in [0.25, 0.3) is 5.91 Å². The van der Waals surface area contributed by atoms with Crippen molar-refractivity contribution in [2.75, 3.05) is 7.11 Å². The lowest BCUT2D eigenvalue weighted by atomic mass is 10.1. The number of ether oxygens (including phenoxy) is 1. The van der Waals surface area contributed by atoms with Gasteiger partial charge in [0.2, 0.25) is 0 Å². The summed E-state index contributed by atoms with van der Waals surface area (Å²) in [6, 6.07) is 15.4. The molecule has 25 heavy (non-hydrogen) atoms. The molecule has 0 aliphatic carbocycles. The van der Waals surface area contributed by atoms with Crippen molar-refractivity contribution in [2.45, 2.75) is 13.0 Å². The number of aromatic nitrogens is 2. The SMILES string of the molecule is COc1ccc(C(C)NC(=O)c2ccn(-c3ccccc3)n2)cc1F. The Kier molecular flexibility index (Phi) is 4.79. The number of nitrogens with zero attached hydrogens (tertiary/aromatic N) is 2. The zero-order valence-corrected chi connectivity index (χ0v) is 13.9. The number of hydrogen-bond donors (Lipinski definition) is 1. The predicted octanol–water partition coefficient (Wildman–Crippen LogP) is 3.51. The van der Waals surface area contributed by atoms with E-state index >= 15 is 0 Å². The largest absolute Gasteiger partial charge is 0.494 e. The average molecular weight is 339 g/mol. The van der Waals surface area contributed by atoms with E-state index in [1.54, 1.807) is 29.9 Å². The van der Waals surface area contributed by atoms with E-state index in [2.05, 4.69) is 10.4 Å². The molecule has 0 aliphatic rings. The Balaban J connectivity index is 1.72. The first-order valence-electron chi connectivity index (χ1n) is 7.84. The number of carbonyl (C=O) groups is 1. The van der Waals surface area contributed by atoms with Crippen LogP contribution >= 0.6 is 0 Å². The fourth-order valence-corrected chi connectivity index (χ4v) is 2.48. The van der Waals surface area contributed by atoms with Gasteiger partial charge in [-0.15, -0.1) is 0 Å². The fourth-order valence-electron chi connectivity index (χ4n) is 2.48. The van der Waals surface area contributed by atoms with Crippen LogP contribution in [-0.2, 0) is 0 Å². The van der Waals surface area contributed by atoms with Crippen molar-refractivity contribution < 1.29 is 13.9 Å². The van der Waals surface area contributed by atoms with Crippen molar-refractivity contribution >= 4 is 5.91 Å². The van der Waals surface area contributed by atoms with E-state index in [9.17, 15) is 9.18 Å². The van der Waals surface area contributed by atoms with Crippen LogP contribution in [0.15, 0.2) is 60.8 Å². The number of methoxy groups -OCH3 is 1. The first kappa shape index (κ1) is 16.7. The van der Waals surface area contributed by atoms with Crippen LogP contribution < -0.4 is 10.1 Å². The van der Waals surface area contributed by atoms with E-state index in [1.807, 2.05) is 30.3 Å². The summed E-state index contributed by atoms with van der Waals surface area (Å²) < 4.78 is 20.3. The molecule has 1 aromatic heterocycles. The minimum absolute atomic E-state index is 0.170. The molecule has 0 saturated heterocycles. The third-order valence-corrected chi connectivity index (χ3v) is 3.87. The molecule has 1 N–H and O–H groups in total. The van der Waals surface area contributed by atoms with E-state index in [0.29, 0.717) is 11.3 Å². The van der Waals surface area contributed by atoms with Crippen LogP contribution in [0.25, 0.3) is 5.69 Å². The van der Waals surface area contributed by atoms with Gasteiger partial charge < -0.3 is 10.1 Å². The Morgan fingerprint density at radius 1 is 1.20 bits per heavy atom. The fraction of sp³-hybridized carbons (Fsp3) is 0.158. The summed E-state index contributed by atoms with van der Waals surface area (Å²) >= 11 is 0. The Hall–Kier alpha value is -3.15. The van der Waals surface area contributed by atoms with E-state index < -0.39 is 5.82 Å². The zero-order valence-electron chi connectivity index (χ0n) is 13.9. The van der Waals surface area contributed by atoms with Crippen LogP contribution in [0.5, 0.6) is 5.75 Å². The Labute approximate surface area is 145 Å². The van der Waals surface area contributed by atoms with Crippen LogP contribution in [0.3, 0.4) is 0 Å². The number of para-hydroxylation sites is 1. The predicted molar refractivity (Wildman–Crippen MR) is 92.4 cm³/mol. The maximum absolute atomic E-state index is 13.8. The summed E-state index contributed by atoms with van der Waals surface area (Å²) in [7, 11) is 1.41. The third-order valence-electron chi connectivity index (χ3n) is 3.87. The highest BCUT2D eigenvalue weighted by Gasteiger charge is 2.15. The maximum atomic E-state index is 13.8. The molecule has 1 heterocycles. The van der Waals surface area contributed by atoms with Gasteiger partial charge in [0.15, 0.2) is 17.3 Å². The number of halogens is 1. The zero-order chi connectivity index (χ0) is 17.8. The number of carbonyl (C=O) groups excluding carboxylic acids is 1. The summed E-state index contributed by atoms with van der Waals surface area (Å²) in [5.74, 6) is -0.614. The molecule has 1 unspecified atom stereocenters. The molecule has 1 amide bonds. The molecule has 0 aliphatic heterocycles. The van der Waals surface area contributed by atoms with E-state index in [0.717, 1.165) is 5.69 Å². The van der Waals surface area contributed by atoms with Gasteiger partial charge in [-0.1, -0.05) is 24.3 Å². The highest BCUT2D eigenvalue weighted by Crippen LogP contribution is 2.22. The standard InChI is InChI=1S/C19H18FN3O2/c1-13(14-8-9-18(25-2)16(20)12-14)21-19(24)17-10-11-23(22-17)15-6-4-3-5-7-15/h3-13H,1-2H3,(H,21,24). The lowest BCUT2D eigenvalue weighted by Crippen LogP contribution is -2.27. The van der Waals surface area contributed by atoms with Crippen LogP contribution in [0.4, 0.5) is 4.39 Å². The van der Waals surface area contributed by atoms with Crippen LogP contribution in [0, 0.1) is 5.82 Å². The summed E-state index contributed by atoms with van der Waals surface area (Å²) in [6.07, 6.45) is 1.72. The van der Waals surface area contributed by atoms with Gasteiger partial charge in [-0.2, -0.15) is 5.10 Å². The Morgan fingerprint density at radius 3 is 2.64 bits per heavy atom. The van der Waals surface area contributed by atoms with Gasteiger partial charge in [-0.05, 0) is 42.8 Å². The molecule has 2 aromatic carbocycles. The van der Waals surface area contributed by atoms with Crippen molar-refractivity contribution in [1.29, 1.82) is 0 Å². The topological polar surface area (TPSA) is 56.1 Å². The number of hydrogen-bond acceptors (Lipinski definition) is 3. The van der Waals surface area contributed by atoms with Crippen molar-refractivity contribution in [3.63, 3.8) is 0 Å². The average Bonchev–Trinajstić information content (AvgIpc) is 3.12. The van der Waals surface area contributed by atoms with E-state index in [1.165, 1.54) is 19.2 Å². The molecule has 1 atom stereocenters. The van der Waals surface area contributed by atoms with Crippen molar-refractivity contribution in [1.82, 2.24) is 15.1 Å². The summed E-state index contributed by atoms with van der Waals surface area (Å²) in [6.45, 7) is 1.79. The van der Waals surface area contributed by atoms with Crippen molar-refractivity contribution in [3.05, 3.63) is 77.9 Å². The highest BCUT2D eigenvalue weighted by atomic mass is 19.1. The molecule has 3 rings (SSSR count). The lowest BCUT2D eigenvalue weighted by Gasteiger charge is -2.14. The van der Waals surface area contributed by atoms with E-state index in [-0.39, 0.29) is 17.7 Å². The third kappa shape index (κ3) is 3.68.